The topological polar surface area (TPSA) is 117 Å². The number of likely N-dealkylation sites (N-methyl/N-ethyl adjacent to an activating group) is 1. The molecule has 0 aromatic carbocycles. The summed E-state index contributed by atoms with van der Waals surface area (Å²) in [7, 11) is 1.63. The van der Waals surface area contributed by atoms with Crippen molar-refractivity contribution in [2.24, 2.45) is 0 Å². The number of unbranched alkanes of at least 4 members (excludes halogenated alkanes) is 10. The van der Waals surface area contributed by atoms with Crippen molar-refractivity contribution >= 4 is 11.9 Å². The van der Waals surface area contributed by atoms with Crippen LogP contribution in [0.4, 0.5) is 0 Å². The Hall–Kier alpha value is -1.22. The predicted molar refractivity (Wildman–Crippen MR) is 129 cm³/mol. The van der Waals surface area contributed by atoms with E-state index in [0.29, 0.717) is 38.8 Å². The third kappa shape index (κ3) is 14.6. The van der Waals surface area contributed by atoms with Crippen molar-refractivity contribution in [3.05, 3.63) is 0 Å². The van der Waals surface area contributed by atoms with Gasteiger partial charge in [0.2, 0.25) is 5.91 Å². The molecular weight excluding hydrogens is 424 g/mol. The Morgan fingerprint density at radius 2 is 1.61 bits per heavy atom. The van der Waals surface area contributed by atoms with Crippen LogP contribution in [0.2, 0.25) is 0 Å². The number of aliphatic hydroxyl groups is 1. The van der Waals surface area contributed by atoms with Crippen LogP contribution in [0, 0.1) is 0 Å². The highest BCUT2D eigenvalue weighted by Gasteiger charge is 2.33. The minimum atomic E-state index is -0.866. The molecule has 0 saturated carbocycles. The minimum absolute atomic E-state index is 0.246. The molecule has 0 aromatic heterocycles. The van der Waals surface area contributed by atoms with Crippen molar-refractivity contribution in [3.8, 4) is 0 Å². The van der Waals surface area contributed by atoms with Crippen molar-refractivity contribution < 1.29 is 29.3 Å². The van der Waals surface area contributed by atoms with Crippen LogP contribution in [0.25, 0.3) is 0 Å². The summed E-state index contributed by atoms with van der Waals surface area (Å²) >= 11 is 0. The number of aliphatic carboxylic acids is 1. The van der Waals surface area contributed by atoms with E-state index in [1.807, 2.05) is 0 Å². The molecule has 8 heteroatoms. The highest BCUT2D eigenvalue weighted by atomic mass is 16.7. The van der Waals surface area contributed by atoms with Crippen LogP contribution in [-0.2, 0) is 19.1 Å². The van der Waals surface area contributed by atoms with Gasteiger partial charge in [-0.1, -0.05) is 64.7 Å². The molecule has 1 heterocycles. The van der Waals surface area contributed by atoms with E-state index in [1.165, 1.54) is 51.4 Å². The van der Waals surface area contributed by atoms with E-state index in [0.717, 1.165) is 12.8 Å². The van der Waals surface area contributed by atoms with Gasteiger partial charge in [-0.05, 0) is 32.7 Å². The van der Waals surface area contributed by atoms with Gasteiger partial charge < -0.3 is 30.3 Å². The maximum Gasteiger partial charge on any atom is 0.320 e. The number of aliphatic hydroxyl groups excluding tert-OH is 1. The molecule has 4 atom stereocenters. The molecule has 1 rings (SSSR count). The first kappa shape index (κ1) is 29.8. The fourth-order valence-corrected chi connectivity index (χ4v) is 4.13. The Morgan fingerprint density at radius 3 is 2.21 bits per heavy atom. The number of rotatable bonds is 20. The fourth-order valence-electron chi connectivity index (χ4n) is 4.13. The van der Waals surface area contributed by atoms with Gasteiger partial charge in [-0.3, -0.25) is 9.59 Å². The Balaban J connectivity index is 2.11. The lowest BCUT2D eigenvalue weighted by Crippen LogP contribution is -2.46. The SMILES string of the molecule is CCCCCCCCCCCCO[C@H]1C[C@@H](O)C[C@@H](C(=O)NCCCCC(NC)C(=O)O)O1. The summed E-state index contributed by atoms with van der Waals surface area (Å²) in [6.45, 7) is 3.28. The van der Waals surface area contributed by atoms with Crippen LogP contribution in [-0.4, -0.2) is 66.8 Å². The van der Waals surface area contributed by atoms with Crippen molar-refractivity contribution in [1.82, 2.24) is 10.6 Å². The largest absolute Gasteiger partial charge is 0.480 e. The normalized spacial score (nSPS) is 21.6. The van der Waals surface area contributed by atoms with Gasteiger partial charge in [0.05, 0.1) is 6.10 Å². The summed E-state index contributed by atoms with van der Waals surface area (Å²) < 4.78 is 11.6. The third-order valence-corrected chi connectivity index (χ3v) is 6.23. The van der Waals surface area contributed by atoms with Gasteiger partial charge in [0.1, 0.15) is 12.1 Å². The van der Waals surface area contributed by atoms with Gasteiger partial charge in [-0.15, -0.1) is 0 Å². The molecule has 1 amide bonds. The van der Waals surface area contributed by atoms with E-state index >= 15 is 0 Å². The van der Waals surface area contributed by atoms with Crippen molar-refractivity contribution in [1.29, 1.82) is 0 Å². The number of hydrogen-bond acceptors (Lipinski definition) is 6. The first-order chi connectivity index (χ1) is 16.0. The fraction of sp³-hybridized carbons (Fsp3) is 0.920. The first-order valence-electron chi connectivity index (χ1n) is 13.1. The molecule has 194 valence electrons. The average Bonchev–Trinajstić information content (AvgIpc) is 2.79. The average molecular weight is 473 g/mol. The van der Waals surface area contributed by atoms with E-state index in [1.54, 1.807) is 7.05 Å². The molecule has 1 aliphatic rings. The molecule has 1 unspecified atom stereocenters. The molecule has 0 aliphatic carbocycles. The number of carbonyl (C=O) groups is 2. The molecule has 0 aromatic rings. The van der Waals surface area contributed by atoms with E-state index in [9.17, 15) is 14.7 Å². The maximum absolute atomic E-state index is 12.4. The van der Waals surface area contributed by atoms with Gasteiger partial charge in [-0.2, -0.15) is 0 Å². The second-order valence-corrected chi connectivity index (χ2v) is 9.20. The lowest BCUT2D eigenvalue weighted by molar-refractivity contribution is -0.215. The predicted octanol–water partition coefficient (Wildman–Crippen LogP) is 3.75. The van der Waals surface area contributed by atoms with Crippen LogP contribution < -0.4 is 10.6 Å². The van der Waals surface area contributed by atoms with Crippen LogP contribution in [0.5, 0.6) is 0 Å². The molecule has 1 saturated heterocycles. The third-order valence-electron chi connectivity index (χ3n) is 6.23. The molecule has 1 fully saturated rings. The molecule has 33 heavy (non-hydrogen) atoms. The molecule has 0 spiro atoms. The molecule has 8 nitrogen and oxygen atoms in total. The smallest absolute Gasteiger partial charge is 0.320 e. The summed E-state index contributed by atoms with van der Waals surface area (Å²) in [6.07, 6.45) is 13.3. The number of carbonyl (C=O) groups excluding carboxylic acids is 1. The number of nitrogens with one attached hydrogen (secondary N) is 2. The van der Waals surface area contributed by atoms with Crippen molar-refractivity contribution in [2.45, 2.75) is 128 Å². The Kier molecular flexibility index (Phi) is 17.3. The Morgan fingerprint density at radius 1 is 0.970 bits per heavy atom. The summed E-state index contributed by atoms with van der Waals surface area (Å²) in [5.74, 6) is -1.11. The summed E-state index contributed by atoms with van der Waals surface area (Å²) in [4.78, 5) is 23.4. The minimum Gasteiger partial charge on any atom is -0.480 e. The zero-order chi connectivity index (χ0) is 24.3. The Labute approximate surface area is 200 Å². The highest BCUT2D eigenvalue weighted by molar-refractivity contribution is 5.80. The van der Waals surface area contributed by atoms with Gasteiger partial charge in [0, 0.05) is 26.0 Å². The number of ether oxygens (including phenoxy) is 2. The van der Waals surface area contributed by atoms with Crippen molar-refractivity contribution in [2.75, 3.05) is 20.2 Å². The Bertz CT molecular complexity index is 519. The van der Waals surface area contributed by atoms with Crippen LogP contribution >= 0.6 is 0 Å². The van der Waals surface area contributed by atoms with Gasteiger partial charge in [0.25, 0.3) is 0 Å². The number of hydrogen-bond donors (Lipinski definition) is 4. The van der Waals surface area contributed by atoms with Crippen molar-refractivity contribution in [3.63, 3.8) is 0 Å². The molecular formula is C25H48N2O6. The van der Waals surface area contributed by atoms with E-state index in [2.05, 4.69) is 17.6 Å². The second kappa shape index (κ2) is 19.1. The van der Waals surface area contributed by atoms with Gasteiger partial charge >= 0.3 is 5.97 Å². The lowest BCUT2D eigenvalue weighted by Gasteiger charge is -2.32. The van der Waals surface area contributed by atoms with Gasteiger partial charge in [-0.25, -0.2) is 0 Å². The second-order valence-electron chi connectivity index (χ2n) is 9.20. The standard InChI is InChI=1S/C25H48N2O6/c1-3-4-5-6-7-8-9-10-11-14-17-32-23-19-20(28)18-22(33-23)24(29)27-16-13-12-15-21(26-2)25(30)31/h20-23,26,28H,3-19H2,1-2H3,(H,27,29)(H,30,31)/t20-,21?,22-,23+/m0/s1. The van der Waals surface area contributed by atoms with E-state index in [4.69, 9.17) is 14.6 Å². The summed E-state index contributed by atoms with van der Waals surface area (Å²) in [6, 6.07) is -0.564. The van der Waals surface area contributed by atoms with Crippen LogP contribution in [0.15, 0.2) is 0 Å². The zero-order valence-corrected chi connectivity index (χ0v) is 20.9. The van der Waals surface area contributed by atoms with Crippen LogP contribution in [0.3, 0.4) is 0 Å². The van der Waals surface area contributed by atoms with E-state index < -0.39 is 30.5 Å². The summed E-state index contributed by atoms with van der Waals surface area (Å²) in [5, 5.41) is 24.7. The summed E-state index contributed by atoms with van der Waals surface area (Å²) in [5.41, 5.74) is 0. The number of carboxylic acid groups (broad SMARTS) is 1. The van der Waals surface area contributed by atoms with E-state index in [-0.39, 0.29) is 12.3 Å². The van der Waals surface area contributed by atoms with Gasteiger partial charge in [0.15, 0.2) is 6.29 Å². The molecule has 4 N–H and O–H groups in total. The molecule has 1 aliphatic heterocycles. The highest BCUT2D eigenvalue weighted by Crippen LogP contribution is 2.21. The van der Waals surface area contributed by atoms with Crippen LogP contribution in [0.1, 0.15) is 103 Å². The number of carboxylic acids is 1. The quantitative estimate of drug-likeness (QED) is 0.199. The molecule has 0 radical (unpaired) electrons. The molecule has 0 bridgehead atoms. The monoisotopic (exact) mass is 472 g/mol. The maximum atomic E-state index is 12.4. The number of amides is 1. The lowest BCUT2D eigenvalue weighted by atomic mass is 10.0. The first-order valence-corrected chi connectivity index (χ1v) is 13.1. The zero-order valence-electron chi connectivity index (χ0n) is 20.9.